The van der Waals surface area contributed by atoms with Gasteiger partial charge in [-0.25, -0.2) is 0 Å². The molecule has 4 nitrogen and oxygen atoms in total. The van der Waals surface area contributed by atoms with Crippen molar-refractivity contribution in [2.24, 2.45) is 5.92 Å². The topological polar surface area (TPSA) is 53.4 Å². The fraction of sp³-hybridized carbons (Fsp3) is 0.429. The molecule has 130 valence electrons. The number of amides is 1. The van der Waals surface area contributed by atoms with Crippen molar-refractivity contribution in [1.82, 2.24) is 9.88 Å². The third kappa shape index (κ3) is 2.85. The van der Waals surface area contributed by atoms with E-state index in [-0.39, 0.29) is 17.9 Å². The highest BCUT2D eigenvalue weighted by Gasteiger charge is 2.50. The van der Waals surface area contributed by atoms with Gasteiger partial charge in [0.25, 0.3) is 5.91 Å². The number of pyridine rings is 1. The van der Waals surface area contributed by atoms with Crippen LogP contribution in [0.4, 0.5) is 0 Å². The normalized spacial score (nSPS) is 29.1. The van der Waals surface area contributed by atoms with E-state index in [1.54, 1.807) is 12.4 Å². The van der Waals surface area contributed by atoms with Gasteiger partial charge in [-0.15, -0.1) is 0 Å². The summed E-state index contributed by atoms with van der Waals surface area (Å²) in [6, 6.07) is 13.4. The molecule has 0 unspecified atom stereocenters. The Morgan fingerprint density at radius 2 is 1.92 bits per heavy atom. The summed E-state index contributed by atoms with van der Waals surface area (Å²) < 4.78 is 0. The Hall–Kier alpha value is -2.20. The summed E-state index contributed by atoms with van der Waals surface area (Å²) in [5, 5.41) is 11.5. The molecule has 0 spiro atoms. The Bertz CT molecular complexity index is 734. The molecule has 2 fully saturated rings. The average molecular weight is 336 g/mol. The summed E-state index contributed by atoms with van der Waals surface area (Å²) in [5.74, 6) is 0.164. The molecule has 1 aromatic heterocycles. The largest absolute Gasteiger partial charge is 0.385 e. The zero-order valence-corrected chi connectivity index (χ0v) is 14.3. The maximum absolute atomic E-state index is 13.0. The SMILES string of the molecule is O=C(c1ccccc1)N1CC[C@](O)(c2cccnc2)[C@H]2CCCC[C@@H]21. The predicted molar refractivity (Wildman–Crippen MR) is 96.0 cm³/mol. The first kappa shape index (κ1) is 16.3. The summed E-state index contributed by atoms with van der Waals surface area (Å²) in [6.07, 6.45) is 8.22. The van der Waals surface area contributed by atoms with E-state index in [1.165, 1.54) is 0 Å². The summed E-state index contributed by atoms with van der Waals surface area (Å²) in [5.41, 5.74) is 0.740. The first-order chi connectivity index (χ1) is 12.2. The molecule has 2 aliphatic rings. The lowest BCUT2D eigenvalue weighted by atomic mass is 9.66. The molecule has 1 amide bonds. The van der Waals surface area contributed by atoms with Gasteiger partial charge in [-0.3, -0.25) is 9.78 Å². The Morgan fingerprint density at radius 1 is 1.12 bits per heavy atom. The lowest BCUT2D eigenvalue weighted by Gasteiger charge is -2.52. The van der Waals surface area contributed by atoms with Crippen molar-refractivity contribution < 1.29 is 9.90 Å². The number of fused-ring (bicyclic) bond motifs is 1. The molecule has 25 heavy (non-hydrogen) atoms. The van der Waals surface area contributed by atoms with Crippen molar-refractivity contribution in [2.75, 3.05) is 6.54 Å². The van der Waals surface area contributed by atoms with E-state index in [2.05, 4.69) is 4.98 Å². The zero-order valence-electron chi connectivity index (χ0n) is 14.3. The standard InChI is InChI=1S/C21H24N2O2/c24-20(16-7-2-1-3-8-16)23-14-12-21(25,17-9-6-13-22-15-17)18-10-4-5-11-19(18)23/h1-3,6-9,13,15,18-19,25H,4-5,10-12,14H2/t18-,19-,21-/m0/s1. The molecule has 4 heteroatoms. The minimum absolute atomic E-state index is 0.0758. The van der Waals surface area contributed by atoms with E-state index in [4.69, 9.17) is 0 Å². The molecule has 4 rings (SSSR count). The summed E-state index contributed by atoms with van der Waals surface area (Å²) >= 11 is 0. The van der Waals surface area contributed by atoms with Crippen LogP contribution >= 0.6 is 0 Å². The van der Waals surface area contributed by atoms with Gasteiger partial charge in [-0.05, 0) is 37.5 Å². The average Bonchev–Trinajstić information content (AvgIpc) is 2.69. The van der Waals surface area contributed by atoms with Crippen molar-refractivity contribution in [1.29, 1.82) is 0 Å². The maximum atomic E-state index is 13.0. The van der Waals surface area contributed by atoms with Crippen LogP contribution in [0.1, 0.15) is 48.0 Å². The van der Waals surface area contributed by atoms with Crippen molar-refractivity contribution in [3.05, 3.63) is 66.0 Å². The van der Waals surface area contributed by atoms with Crippen LogP contribution in [0.5, 0.6) is 0 Å². The zero-order chi connectivity index (χ0) is 17.3. The second-order valence-corrected chi connectivity index (χ2v) is 7.24. The van der Waals surface area contributed by atoms with E-state index in [9.17, 15) is 9.90 Å². The Kier molecular flexibility index (Phi) is 4.30. The molecule has 1 aliphatic carbocycles. The maximum Gasteiger partial charge on any atom is 0.254 e. The third-order valence-corrected chi connectivity index (χ3v) is 5.92. The number of carbonyl (C=O) groups excluding carboxylic acids is 1. The third-order valence-electron chi connectivity index (χ3n) is 5.92. The first-order valence-electron chi connectivity index (χ1n) is 9.19. The molecular formula is C21H24N2O2. The fourth-order valence-electron chi connectivity index (χ4n) is 4.66. The molecule has 1 aliphatic heterocycles. The molecule has 2 aromatic rings. The van der Waals surface area contributed by atoms with Crippen molar-refractivity contribution in [3.63, 3.8) is 0 Å². The number of hydrogen-bond donors (Lipinski definition) is 1. The monoisotopic (exact) mass is 336 g/mol. The molecule has 1 saturated heterocycles. The van der Waals surface area contributed by atoms with E-state index < -0.39 is 5.60 Å². The minimum Gasteiger partial charge on any atom is -0.385 e. The molecule has 0 radical (unpaired) electrons. The number of hydrogen-bond acceptors (Lipinski definition) is 3. The van der Waals surface area contributed by atoms with Crippen LogP contribution in [0.25, 0.3) is 0 Å². The minimum atomic E-state index is -0.882. The van der Waals surface area contributed by atoms with Crippen molar-refractivity contribution in [3.8, 4) is 0 Å². The van der Waals surface area contributed by atoms with E-state index in [0.717, 1.165) is 36.8 Å². The van der Waals surface area contributed by atoms with Gasteiger partial charge < -0.3 is 10.0 Å². The second-order valence-electron chi connectivity index (χ2n) is 7.24. The van der Waals surface area contributed by atoms with Gasteiger partial charge in [0.2, 0.25) is 0 Å². The Balaban J connectivity index is 1.66. The van der Waals surface area contributed by atoms with Crippen LogP contribution in [0.3, 0.4) is 0 Å². The van der Waals surface area contributed by atoms with Crippen molar-refractivity contribution in [2.45, 2.75) is 43.7 Å². The number of carbonyl (C=O) groups is 1. The molecule has 1 aromatic carbocycles. The highest BCUT2D eigenvalue weighted by Crippen LogP contribution is 2.47. The Morgan fingerprint density at radius 3 is 2.68 bits per heavy atom. The van der Waals surface area contributed by atoms with Crippen LogP contribution in [-0.4, -0.2) is 33.5 Å². The van der Waals surface area contributed by atoms with Crippen LogP contribution in [0, 0.1) is 5.92 Å². The lowest BCUT2D eigenvalue weighted by molar-refractivity contribution is -0.110. The highest BCUT2D eigenvalue weighted by atomic mass is 16.3. The van der Waals surface area contributed by atoms with Gasteiger partial charge in [0.05, 0.1) is 5.60 Å². The molecule has 2 heterocycles. The number of rotatable bonds is 2. The number of aromatic nitrogens is 1. The van der Waals surface area contributed by atoms with Gasteiger partial charge in [-0.2, -0.15) is 0 Å². The number of nitrogens with zero attached hydrogens (tertiary/aromatic N) is 2. The smallest absolute Gasteiger partial charge is 0.254 e. The highest BCUT2D eigenvalue weighted by molar-refractivity contribution is 5.94. The van der Waals surface area contributed by atoms with Crippen LogP contribution < -0.4 is 0 Å². The van der Waals surface area contributed by atoms with Gasteiger partial charge in [0.15, 0.2) is 0 Å². The van der Waals surface area contributed by atoms with Gasteiger partial charge in [0.1, 0.15) is 0 Å². The van der Waals surface area contributed by atoms with Crippen LogP contribution in [-0.2, 0) is 5.60 Å². The van der Waals surface area contributed by atoms with Crippen LogP contribution in [0.2, 0.25) is 0 Å². The number of likely N-dealkylation sites (tertiary alicyclic amines) is 1. The summed E-state index contributed by atoms with van der Waals surface area (Å²) in [6.45, 7) is 0.584. The molecule has 1 saturated carbocycles. The fourth-order valence-corrected chi connectivity index (χ4v) is 4.66. The molecule has 3 atom stereocenters. The van der Waals surface area contributed by atoms with E-state index >= 15 is 0 Å². The Labute approximate surface area is 148 Å². The number of aliphatic hydroxyl groups is 1. The van der Waals surface area contributed by atoms with Crippen LogP contribution in [0.15, 0.2) is 54.9 Å². The number of benzene rings is 1. The number of piperidine rings is 1. The van der Waals surface area contributed by atoms with E-state index in [1.807, 2.05) is 47.4 Å². The molecular weight excluding hydrogens is 312 g/mol. The second kappa shape index (κ2) is 6.60. The predicted octanol–water partition coefficient (Wildman–Crippen LogP) is 3.37. The lowest BCUT2D eigenvalue weighted by Crippen LogP contribution is -2.59. The molecule has 1 N–H and O–H groups in total. The summed E-state index contributed by atoms with van der Waals surface area (Å²) in [4.78, 5) is 19.2. The van der Waals surface area contributed by atoms with Crippen molar-refractivity contribution >= 4 is 5.91 Å². The quantitative estimate of drug-likeness (QED) is 0.915. The van der Waals surface area contributed by atoms with Gasteiger partial charge >= 0.3 is 0 Å². The first-order valence-corrected chi connectivity index (χ1v) is 9.19. The van der Waals surface area contributed by atoms with Gasteiger partial charge in [0, 0.05) is 42.0 Å². The summed E-state index contributed by atoms with van der Waals surface area (Å²) in [7, 11) is 0. The van der Waals surface area contributed by atoms with E-state index in [0.29, 0.717) is 13.0 Å². The molecule has 0 bridgehead atoms. The van der Waals surface area contributed by atoms with Gasteiger partial charge in [-0.1, -0.05) is 37.1 Å².